The number of halogens is 1. The molecule has 25 heavy (non-hydrogen) atoms. The Kier molecular flexibility index (Phi) is 5.56. The SMILES string of the molecule is CC(=C1CCN(S(=O)(=O)C2C(C)NNC2C)CC1)c1ccc(Cl)cc1. The molecule has 2 unspecified atom stereocenters. The highest BCUT2D eigenvalue weighted by Crippen LogP contribution is 2.30. The Bertz CT molecular complexity index is 741. The zero-order valence-electron chi connectivity index (χ0n) is 14.9. The molecule has 0 bridgehead atoms. The van der Waals surface area contributed by atoms with Gasteiger partial charge in [-0.1, -0.05) is 29.3 Å². The molecule has 0 aliphatic carbocycles. The Morgan fingerprint density at radius 3 is 2.12 bits per heavy atom. The van der Waals surface area contributed by atoms with E-state index in [2.05, 4.69) is 17.8 Å². The second-order valence-corrected chi connectivity index (χ2v) is 9.54. The average Bonchev–Trinajstić information content (AvgIpc) is 2.94. The van der Waals surface area contributed by atoms with Crippen LogP contribution in [0.1, 0.15) is 39.2 Å². The van der Waals surface area contributed by atoms with Crippen LogP contribution in [0.25, 0.3) is 5.57 Å². The molecule has 1 aromatic carbocycles. The van der Waals surface area contributed by atoms with Crippen molar-refractivity contribution in [3.63, 3.8) is 0 Å². The van der Waals surface area contributed by atoms with Gasteiger partial charge in [-0.2, -0.15) is 0 Å². The van der Waals surface area contributed by atoms with Gasteiger partial charge in [0.05, 0.1) is 0 Å². The summed E-state index contributed by atoms with van der Waals surface area (Å²) in [5.74, 6) is 0. The normalized spacial score (nSPS) is 28.3. The van der Waals surface area contributed by atoms with E-state index in [1.165, 1.54) is 11.1 Å². The molecule has 138 valence electrons. The van der Waals surface area contributed by atoms with E-state index in [4.69, 9.17) is 11.6 Å². The Morgan fingerprint density at radius 1 is 1.08 bits per heavy atom. The summed E-state index contributed by atoms with van der Waals surface area (Å²) in [5.41, 5.74) is 9.80. The highest BCUT2D eigenvalue weighted by molar-refractivity contribution is 7.89. The van der Waals surface area contributed by atoms with Crippen molar-refractivity contribution in [1.82, 2.24) is 15.2 Å². The molecule has 2 aliphatic heterocycles. The highest BCUT2D eigenvalue weighted by atomic mass is 35.5. The third-order valence-electron chi connectivity index (χ3n) is 5.36. The van der Waals surface area contributed by atoms with Crippen molar-refractivity contribution in [1.29, 1.82) is 0 Å². The summed E-state index contributed by atoms with van der Waals surface area (Å²) < 4.78 is 27.7. The van der Waals surface area contributed by atoms with Gasteiger partial charge >= 0.3 is 0 Å². The fraction of sp³-hybridized carbons (Fsp3) is 0.556. The first-order valence-electron chi connectivity index (χ1n) is 8.75. The molecule has 0 radical (unpaired) electrons. The maximum absolute atomic E-state index is 13.0. The molecule has 2 atom stereocenters. The maximum Gasteiger partial charge on any atom is 0.220 e. The number of rotatable bonds is 3. The van der Waals surface area contributed by atoms with Crippen molar-refractivity contribution in [3.05, 3.63) is 40.4 Å². The van der Waals surface area contributed by atoms with Crippen molar-refractivity contribution in [3.8, 4) is 0 Å². The Labute approximate surface area is 155 Å². The lowest BCUT2D eigenvalue weighted by atomic mass is 9.95. The number of nitrogens with zero attached hydrogens (tertiary/aromatic N) is 1. The molecule has 3 rings (SSSR count). The number of sulfonamides is 1. The highest BCUT2D eigenvalue weighted by Gasteiger charge is 2.43. The van der Waals surface area contributed by atoms with E-state index in [0.29, 0.717) is 13.1 Å². The van der Waals surface area contributed by atoms with Gasteiger partial charge in [0.25, 0.3) is 0 Å². The number of hydrogen-bond donors (Lipinski definition) is 2. The molecule has 7 heteroatoms. The lowest BCUT2D eigenvalue weighted by Gasteiger charge is -2.32. The summed E-state index contributed by atoms with van der Waals surface area (Å²) >= 11 is 5.96. The minimum atomic E-state index is -3.31. The van der Waals surface area contributed by atoms with Crippen LogP contribution in [0.5, 0.6) is 0 Å². The lowest BCUT2D eigenvalue weighted by molar-refractivity contribution is 0.376. The molecule has 2 saturated heterocycles. The van der Waals surface area contributed by atoms with Crippen LogP contribution in [0, 0.1) is 0 Å². The number of allylic oxidation sites excluding steroid dienone is 1. The number of hydrogen-bond acceptors (Lipinski definition) is 4. The molecule has 2 heterocycles. The first kappa shape index (κ1) is 18.9. The number of hydrazine groups is 1. The topological polar surface area (TPSA) is 61.4 Å². The van der Waals surface area contributed by atoms with Crippen molar-refractivity contribution in [2.75, 3.05) is 13.1 Å². The van der Waals surface area contributed by atoms with Crippen LogP contribution in [-0.2, 0) is 10.0 Å². The molecule has 0 spiro atoms. The van der Waals surface area contributed by atoms with Gasteiger partial charge in [0, 0.05) is 30.2 Å². The van der Waals surface area contributed by atoms with Gasteiger partial charge in [-0.15, -0.1) is 0 Å². The van der Waals surface area contributed by atoms with E-state index in [0.717, 1.165) is 23.4 Å². The predicted octanol–water partition coefficient (Wildman–Crippen LogP) is 2.79. The molecule has 0 amide bonds. The minimum absolute atomic E-state index is 0.0901. The zero-order chi connectivity index (χ0) is 18.2. The van der Waals surface area contributed by atoms with Crippen molar-refractivity contribution in [2.45, 2.75) is 50.9 Å². The van der Waals surface area contributed by atoms with E-state index in [1.54, 1.807) is 4.31 Å². The number of nitrogens with one attached hydrogen (secondary N) is 2. The van der Waals surface area contributed by atoms with Crippen LogP contribution < -0.4 is 10.9 Å². The molecule has 5 nitrogen and oxygen atoms in total. The van der Waals surface area contributed by atoms with Gasteiger partial charge in [-0.25, -0.2) is 12.7 Å². The molecule has 0 aromatic heterocycles. The van der Waals surface area contributed by atoms with Crippen LogP contribution in [-0.4, -0.2) is 43.1 Å². The minimum Gasteiger partial charge on any atom is -0.253 e. The zero-order valence-corrected chi connectivity index (χ0v) is 16.5. The van der Waals surface area contributed by atoms with Gasteiger partial charge in [0.2, 0.25) is 10.0 Å². The molecule has 2 aliphatic rings. The summed E-state index contributed by atoms with van der Waals surface area (Å²) in [6, 6.07) is 7.65. The van der Waals surface area contributed by atoms with Crippen molar-refractivity contribution < 1.29 is 8.42 Å². The monoisotopic (exact) mass is 383 g/mol. The van der Waals surface area contributed by atoms with Crippen LogP contribution in [0.4, 0.5) is 0 Å². The predicted molar refractivity (Wildman–Crippen MR) is 103 cm³/mol. The lowest BCUT2D eigenvalue weighted by Crippen LogP contribution is -2.48. The maximum atomic E-state index is 13.0. The van der Waals surface area contributed by atoms with Crippen molar-refractivity contribution in [2.24, 2.45) is 0 Å². The van der Waals surface area contributed by atoms with E-state index < -0.39 is 15.3 Å². The van der Waals surface area contributed by atoms with Crippen LogP contribution >= 0.6 is 11.6 Å². The van der Waals surface area contributed by atoms with Crippen LogP contribution in [0.15, 0.2) is 29.8 Å². The summed E-state index contributed by atoms with van der Waals surface area (Å²) in [7, 11) is -3.31. The third-order valence-corrected chi connectivity index (χ3v) is 8.20. The largest absolute Gasteiger partial charge is 0.253 e. The van der Waals surface area contributed by atoms with E-state index in [1.807, 2.05) is 38.1 Å². The second-order valence-electron chi connectivity index (χ2n) is 7.01. The van der Waals surface area contributed by atoms with Gasteiger partial charge < -0.3 is 0 Å². The average molecular weight is 384 g/mol. The Morgan fingerprint density at radius 2 is 1.60 bits per heavy atom. The molecule has 0 saturated carbocycles. The summed E-state index contributed by atoms with van der Waals surface area (Å²) in [6.45, 7) is 7.05. The van der Waals surface area contributed by atoms with Crippen LogP contribution in [0.3, 0.4) is 0 Å². The second kappa shape index (κ2) is 7.37. The van der Waals surface area contributed by atoms with Gasteiger partial charge in [-0.05, 0) is 56.9 Å². The molecule has 2 fully saturated rings. The van der Waals surface area contributed by atoms with Gasteiger partial charge in [-0.3, -0.25) is 10.9 Å². The van der Waals surface area contributed by atoms with Crippen LogP contribution in [0.2, 0.25) is 5.02 Å². The summed E-state index contributed by atoms with van der Waals surface area (Å²) in [5, 5.41) is 0.305. The van der Waals surface area contributed by atoms with Gasteiger partial charge in [0.15, 0.2) is 0 Å². The first-order chi connectivity index (χ1) is 11.8. The molecule has 1 aromatic rings. The van der Waals surface area contributed by atoms with Gasteiger partial charge in [0.1, 0.15) is 5.25 Å². The smallest absolute Gasteiger partial charge is 0.220 e. The molecular weight excluding hydrogens is 358 g/mol. The fourth-order valence-corrected chi connectivity index (χ4v) is 6.17. The van der Waals surface area contributed by atoms with Crippen molar-refractivity contribution >= 4 is 27.2 Å². The molecule has 2 N–H and O–H groups in total. The van der Waals surface area contributed by atoms with E-state index in [9.17, 15) is 8.42 Å². The fourth-order valence-electron chi connectivity index (χ4n) is 3.84. The number of benzene rings is 1. The quantitative estimate of drug-likeness (QED) is 0.842. The molecular formula is C18H26ClN3O2S. The van der Waals surface area contributed by atoms with E-state index in [-0.39, 0.29) is 12.1 Å². The Balaban J connectivity index is 1.73. The first-order valence-corrected chi connectivity index (χ1v) is 10.6. The third kappa shape index (κ3) is 3.78. The standard InChI is InChI=1S/C18H26ClN3O2S/c1-12(15-4-6-17(19)7-5-15)16-8-10-22(11-9-16)25(23,24)18-13(2)20-21-14(18)3/h4-7,13-14,18,20-21H,8-11H2,1-3H3. The summed E-state index contributed by atoms with van der Waals surface area (Å²) in [6.07, 6.45) is 1.56. The summed E-state index contributed by atoms with van der Waals surface area (Å²) in [4.78, 5) is 0. The Hall–Kier alpha value is -0.920. The number of piperidine rings is 1. The van der Waals surface area contributed by atoms with E-state index >= 15 is 0 Å².